The van der Waals surface area contributed by atoms with Gasteiger partial charge in [0.15, 0.2) is 0 Å². The van der Waals surface area contributed by atoms with E-state index in [1.807, 2.05) is 12.1 Å². The Morgan fingerprint density at radius 3 is 2.28 bits per heavy atom. The predicted octanol–water partition coefficient (Wildman–Crippen LogP) is 5.06. The van der Waals surface area contributed by atoms with Crippen LogP contribution in [0.2, 0.25) is 0 Å². The lowest BCUT2D eigenvalue weighted by Crippen LogP contribution is -1.93. The van der Waals surface area contributed by atoms with Gasteiger partial charge in [-0.3, -0.25) is 0 Å². The molecule has 0 nitrogen and oxygen atoms in total. The van der Waals surface area contributed by atoms with Crippen LogP contribution in [0.15, 0.2) is 36.4 Å². The van der Waals surface area contributed by atoms with E-state index in [0.29, 0.717) is 0 Å². The summed E-state index contributed by atoms with van der Waals surface area (Å²) in [6.45, 7) is 6.28. The van der Waals surface area contributed by atoms with E-state index in [9.17, 15) is 4.39 Å². The van der Waals surface area contributed by atoms with Crippen LogP contribution in [0.3, 0.4) is 0 Å². The van der Waals surface area contributed by atoms with E-state index < -0.39 is 0 Å². The highest BCUT2D eigenvalue weighted by molar-refractivity contribution is 5.71. The summed E-state index contributed by atoms with van der Waals surface area (Å²) in [6, 6.07) is 11.7. The minimum atomic E-state index is -0.0909. The van der Waals surface area contributed by atoms with Crippen molar-refractivity contribution in [2.75, 3.05) is 0 Å². The van der Waals surface area contributed by atoms with Crippen molar-refractivity contribution in [2.24, 2.45) is 0 Å². The molecule has 2 aromatic rings. The smallest absolute Gasteiger partial charge is 0.126 e. The van der Waals surface area contributed by atoms with Gasteiger partial charge in [0.1, 0.15) is 5.82 Å². The largest absolute Gasteiger partial charge is 0.207 e. The molecule has 2 aromatic carbocycles. The first-order valence-electron chi connectivity index (χ1n) is 6.48. The van der Waals surface area contributed by atoms with Crippen LogP contribution >= 0.6 is 0 Å². The van der Waals surface area contributed by atoms with Crippen molar-refractivity contribution >= 4 is 0 Å². The molecule has 18 heavy (non-hydrogen) atoms. The fourth-order valence-corrected chi connectivity index (χ4v) is 2.46. The highest BCUT2D eigenvalue weighted by Gasteiger charge is 2.08. The maximum absolute atomic E-state index is 13.7. The van der Waals surface area contributed by atoms with Gasteiger partial charge in [0.05, 0.1) is 0 Å². The van der Waals surface area contributed by atoms with Crippen molar-refractivity contribution < 1.29 is 4.39 Å². The van der Waals surface area contributed by atoms with E-state index in [0.717, 1.165) is 24.0 Å². The highest BCUT2D eigenvalue weighted by atomic mass is 19.1. The summed E-state index contributed by atoms with van der Waals surface area (Å²) in [7, 11) is 0. The molecule has 2 rings (SSSR count). The van der Waals surface area contributed by atoms with E-state index >= 15 is 0 Å². The Hall–Kier alpha value is -1.63. The minimum absolute atomic E-state index is 0.0909. The predicted molar refractivity (Wildman–Crippen MR) is 75.3 cm³/mol. The van der Waals surface area contributed by atoms with Crippen LogP contribution in [0.1, 0.15) is 30.0 Å². The molecule has 0 radical (unpaired) electrons. The zero-order valence-electron chi connectivity index (χ0n) is 11.3. The molecular weight excluding hydrogens is 223 g/mol. The molecule has 0 aliphatic carbocycles. The standard InChI is InChI=1S/C17H19F/c1-4-6-14-11-15(9-10-16(14)18)17-12(2)7-5-8-13(17)3/h5,7-11H,4,6H2,1-3H3. The average Bonchev–Trinajstić information content (AvgIpc) is 2.33. The Morgan fingerprint density at radius 1 is 1.00 bits per heavy atom. The first kappa shape index (κ1) is 12.8. The van der Waals surface area contributed by atoms with Gasteiger partial charge in [0.2, 0.25) is 0 Å². The lowest BCUT2D eigenvalue weighted by molar-refractivity contribution is 0.607. The number of hydrogen-bond donors (Lipinski definition) is 0. The summed E-state index contributed by atoms with van der Waals surface area (Å²) >= 11 is 0. The maximum Gasteiger partial charge on any atom is 0.126 e. The second kappa shape index (κ2) is 5.34. The summed E-state index contributed by atoms with van der Waals surface area (Å²) in [5.74, 6) is -0.0909. The molecule has 0 aliphatic rings. The number of halogens is 1. The first-order valence-corrected chi connectivity index (χ1v) is 6.48. The third-order valence-electron chi connectivity index (χ3n) is 3.33. The molecule has 0 N–H and O–H groups in total. The molecule has 0 aromatic heterocycles. The Labute approximate surface area is 108 Å². The number of hydrogen-bond acceptors (Lipinski definition) is 0. The van der Waals surface area contributed by atoms with E-state index in [1.54, 1.807) is 6.07 Å². The Kier molecular flexibility index (Phi) is 3.81. The van der Waals surface area contributed by atoms with Gasteiger partial charge in [0, 0.05) is 0 Å². The van der Waals surface area contributed by atoms with Crippen LogP contribution < -0.4 is 0 Å². The molecule has 1 heteroatoms. The van der Waals surface area contributed by atoms with Crippen LogP contribution in [0.25, 0.3) is 11.1 Å². The van der Waals surface area contributed by atoms with Gasteiger partial charge in [-0.25, -0.2) is 4.39 Å². The second-order valence-electron chi connectivity index (χ2n) is 4.82. The molecule has 0 spiro atoms. The van der Waals surface area contributed by atoms with E-state index in [2.05, 4.69) is 39.0 Å². The van der Waals surface area contributed by atoms with Crippen molar-refractivity contribution in [2.45, 2.75) is 33.6 Å². The molecule has 0 aliphatic heterocycles. The van der Waals surface area contributed by atoms with E-state index in [4.69, 9.17) is 0 Å². The normalized spacial score (nSPS) is 10.7. The Balaban J connectivity index is 2.54. The van der Waals surface area contributed by atoms with Crippen LogP contribution in [-0.4, -0.2) is 0 Å². The fraction of sp³-hybridized carbons (Fsp3) is 0.294. The Bertz CT molecular complexity index is 535. The maximum atomic E-state index is 13.7. The Morgan fingerprint density at radius 2 is 1.67 bits per heavy atom. The molecule has 0 saturated heterocycles. The summed E-state index contributed by atoms with van der Waals surface area (Å²) in [5.41, 5.74) is 5.65. The van der Waals surface area contributed by atoms with Crippen molar-refractivity contribution in [1.29, 1.82) is 0 Å². The van der Waals surface area contributed by atoms with Crippen LogP contribution in [0, 0.1) is 19.7 Å². The highest BCUT2D eigenvalue weighted by Crippen LogP contribution is 2.28. The van der Waals surface area contributed by atoms with Crippen LogP contribution in [0.5, 0.6) is 0 Å². The third-order valence-corrected chi connectivity index (χ3v) is 3.33. The van der Waals surface area contributed by atoms with Gasteiger partial charge in [0.25, 0.3) is 0 Å². The molecular formula is C17H19F. The monoisotopic (exact) mass is 242 g/mol. The molecule has 0 atom stereocenters. The van der Waals surface area contributed by atoms with Gasteiger partial charge in [-0.2, -0.15) is 0 Å². The lowest BCUT2D eigenvalue weighted by Gasteiger charge is -2.12. The van der Waals surface area contributed by atoms with Gasteiger partial charge >= 0.3 is 0 Å². The number of aryl methyl sites for hydroxylation is 3. The lowest BCUT2D eigenvalue weighted by atomic mass is 9.94. The second-order valence-corrected chi connectivity index (χ2v) is 4.82. The van der Waals surface area contributed by atoms with E-state index in [-0.39, 0.29) is 5.82 Å². The van der Waals surface area contributed by atoms with Gasteiger partial charge < -0.3 is 0 Å². The molecule has 0 fully saturated rings. The quantitative estimate of drug-likeness (QED) is 0.705. The summed E-state index contributed by atoms with van der Waals surface area (Å²) in [6.07, 6.45) is 1.76. The molecule has 0 saturated carbocycles. The molecule has 0 unspecified atom stereocenters. The summed E-state index contributed by atoms with van der Waals surface area (Å²) < 4.78 is 13.7. The topological polar surface area (TPSA) is 0 Å². The zero-order chi connectivity index (χ0) is 13.1. The molecule has 0 amide bonds. The zero-order valence-corrected chi connectivity index (χ0v) is 11.3. The SMILES string of the molecule is CCCc1cc(-c2c(C)cccc2C)ccc1F. The number of rotatable bonds is 3. The van der Waals surface area contributed by atoms with Crippen molar-refractivity contribution in [1.82, 2.24) is 0 Å². The molecule has 0 bridgehead atoms. The molecule has 94 valence electrons. The van der Waals surface area contributed by atoms with Crippen LogP contribution in [-0.2, 0) is 6.42 Å². The summed E-state index contributed by atoms with van der Waals surface area (Å²) in [5, 5.41) is 0. The minimum Gasteiger partial charge on any atom is -0.207 e. The van der Waals surface area contributed by atoms with Crippen molar-refractivity contribution in [3.05, 3.63) is 58.9 Å². The average molecular weight is 242 g/mol. The van der Waals surface area contributed by atoms with Gasteiger partial charge in [-0.1, -0.05) is 37.6 Å². The van der Waals surface area contributed by atoms with Gasteiger partial charge in [-0.05, 0) is 60.2 Å². The molecule has 0 heterocycles. The van der Waals surface area contributed by atoms with Gasteiger partial charge in [-0.15, -0.1) is 0 Å². The van der Waals surface area contributed by atoms with E-state index in [1.165, 1.54) is 16.7 Å². The van der Waals surface area contributed by atoms with Crippen molar-refractivity contribution in [3.63, 3.8) is 0 Å². The fourth-order valence-electron chi connectivity index (χ4n) is 2.46. The first-order chi connectivity index (χ1) is 8.63. The summed E-state index contributed by atoms with van der Waals surface area (Å²) in [4.78, 5) is 0. The number of benzene rings is 2. The van der Waals surface area contributed by atoms with Crippen molar-refractivity contribution in [3.8, 4) is 11.1 Å². The van der Waals surface area contributed by atoms with Crippen LogP contribution in [0.4, 0.5) is 4.39 Å². The third kappa shape index (κ3) is 2.45.